The molecule has 1 heterocycles. The van der Waals surface area contributed by atoms with Crippen molar-refractivity contribution >= 4 is 11.8 Å². The molecule has 0 aliphatic rings. The number of benzene rings is 2. The average Bonchev–Trinajstić information content (AvgIpc) is 2.73. The minimum atomic E-state index is -0.606. The summed E-state index contributed by atoms with van der Waals surface area (Å²) in [7, 11) is 0. The molecule has 0 radical (unpaired) electrons. The lowest BCUT2D eigenvalue weighted by Gasteiger charge is -2.18. The van der Waals surface area contributed by atoms with E-state index in [-0.39, 0.29) is 19.0 Å². The van der Waals surface area contributed by atoms with E-state index in [1.165, 1.54) is 0 Å². The number of ether oxygens (including phenoxy) is 1. The number of rotatable bonds is 7. The van der Waals surface area contributed by atoms with Gasteiger partial charge in [-0.05, 0) is 19.4 Å². The maximum absolute atomic E-state index is 12.9. The summed E-state index contributed by atoms with van der Waals surface area (Å²) < 4.78 is 5.32. The molecular formula is C22H23N3O3. The van der Waals surface area contributed by atoms with Crippen molar-refractivity contribution in [3.63, 3.8) is 0 Å². The Morgan fingerprint density at radius 3 is 2.21 bits per heavy atom. The number of hydrogen-bond acceptors (Lipinski definition) is 6. The summed E-state index contributed by atoms with van der Waals surface area (Å²) in [4.78, 5) is 12.9. The average molecular weight is 377 g/mol. The van der Waals surface area contributed by atoms with Gasteiger partial charge in [0.2, 0.25) is 0 Å². The minimum absolute atomic E-state index is 0.236. The highest BCUT2D eigenvalue weighted by Gasteiger charge is 2.25. The van der Waals surface area contributed by atoms with Crippen LogP contribution in [0.25, 0.3) is 22.4 Å². The van der Waals surface area contributed by atoms with Crippen molar-refractivity contribution in [3.8, 4) is 22.4 Å². The highest BCUT2D eigenvalue weighted by Crippen LogP contribution is 2.36. The molecule has 3 rings (SSSR count). The quantitative estimate of drug-likeness (QED) is 0.610. The number of hydrogen-bond donors (Lipinski definition) is 2. The monoisotopic (exact) mass is 377 g/mol. The number of aromatic nitrogens is 2. The van der Waals surface area contributed by atoms with Gasteiger partial charge in [0.05, 0.1) is 12.7 Å². The molecule has 0 amide bonds. The number of esters is 1. The van der Waals surface area contributed by atoms with Crippen LogP contribution in [0.3, 0.4) is 0 Å². The SMILES string of the molecule is CCOC(=O)c1c(NCC(C)O)nnc(-c2ccccc2)c1-c1ccccc1. The van der Waals surface area contributed by atoms with Crippen LogP contribution in [-0.4, -0.2) is 40.5 Å². The second-order valence-corrected chi connectivity index (χ2v) is 6.33. The molecule has 0 aliphatic heterocycles. The maximum Gasteiger partial charge on any atom is 0.342 e. The first-order valence-corrected chi connectivity index (χ1v) is 9.22. The van der Waals surface area contributed by atoms with Gasteiger partial charge in [-0.3, -0.25) is 0 Å². The van der Waals surface area contributed by atoms with Crippen LogP contribution in [0.15, 0.2) is 60.7 Å². The van der Waals surface area contributed by atoms with Crippen LogP contribution in [-0.2, 0) is 4.74 Å². The fourth-order valence-electron chi connectivity index (χ4n) is 2.89. The Labute approximate surface area is 164 Å². The van der Waals surface area contributed by atoms with E-state index < -0.39 is 12.1 Å². The Bertz CT molecular complexity index is 929. The maximum atomic E-state index is 12.9. The predicted molar refractivity (Wildman–Crippen MR) is 109 cm³/mol. The molecule has 6 nitrogen and oxygen atoms in total. The largest absolute Gasteiger partial charge is 0.462 e. The molecule has 28 heavy (non-hydrogen) atoms. The first-order chi connectivity index (χ1) is 13.6. The van der Waals surface area contributed by atoms with Crippen LogP contribution in [0.2, 0.25) is 0 Å². The molecule has 2 aromatic carbocycles. The first kappa shape index (κ1) is 19.5. The van der Waals surface area contributed by atoms with E-state index in [0.29, 0.717) is 16.8 Å². The fourth-order valence-corrected chi connectivity index (χ4v) is 2.89. The summed E-state index contributed by atoms with van der Waals surface area (Å²) >= 11 is 0. The number of nitrogens with zero attached hydrogens (tertiary/aromatic N) is 2. The van der Waals surface area contributed by atoms with Crippen molar-refractivity contribution in [1.29, 1.82) is 0 Å². The van der Waals surface area contributed by atoms with E-state index in [0.717, 1.165) is 11.1 Å². The van der Waals surface area contributed by atoms with Gasteiger partial charge in [0.15, 0.2) is 5.82 Å². The molecule has 2 N–H and O–H groups in total. The van der Waals surface area contributed by atoms with E-state index in [1.54, 1.807) is 13.8 Å². The molecule has 0 saturated heterocycles. The van der Waals surface area contributed by atoms with E-state index in [4.69, 9.17) is 4.74 Å². The Balaban J connectivity index is 2.27. The fraction of sp³-hybridized carbons (Fsp3) is 0.227. The second-order valence-electron chi connectivity index (χ2n) is 6.33. The molecule has 3 aromatic rings. The van der Waals surface area contributed by atoms with Gasteiger partial charge in [0, 0.05) is 17.7 Å². The topological polar surface area (TPSA) is 84.3 Å². The standard InChI is InChI=1S/C22H23N3O3/c1-3-28-22(27)19-18(16-10-6-4-7-11-16)20(17-12-8-5-9-13-17)24-25-21(19)23-14-15(2)26/h4-13,15,26H,3,14H2,1-2H3,(H,23,25). The number of aliphatic hydroxyl groups is 1. The van der Waals surface area contributed by atoms with Gasteiger partial charge in [-0.2, -0.15) is 0 Å². The summed E-state index contributed by atoms with van der Waals surface area (Å²) in [5, 5.41) is 21.3. The van der Waals surface area contributed by atoms with Gasteiger partial charge in [0.25, 0.3) is 0 Å². The lowest BCUT2D eigenvalue weighted by atomic mass is 9.95. The second kappa shape index (κ2) is 9.10. The smallest absolute Gasteiger partial charge is 0.342 e. The van der Waals surface area contributed by atoms with Gasteiger partial charge in [-0.15, -0.1) is 10.2 Å². The van der Waals surface area contributed by atoms with Crippen LogP contribution < -0.4 is 5.32 Å². The molecule has 1 aromatic heterocycles. The third-order valence-corrected chi connectivity index (χ3v) is 4.13. The number of aliphatic hydroxyl groups excluding tert-OH is 1. The number of carbonyl (C=O) groups excluding carboxylic acids is 1. The van der Waals surface area contributed by atoms with Crippen LogP contribution in [0.5, 0.6) is 0 Å². The molecular weight excluding hydrogens is 354 g/mol. The molecule has 0 saturated carbocycles. The number of anilines is 1. The van der Waals surface area contributed by atoms with Crippen molar-refractivity contribution in [2.24, 2.45) is 0 Å². The van der Waals surface area contributed by atoms with Crippen molar-refractivity contribution in [2.75, 3.05) is 18.5 Å². The van der Waals surface area contributed by atoms with Crippen molar-refractivity contribution < 1.29 is 14.6 Å². The number of carbonyl (C=O) groups is 1. The molecule has 6 heteroatoms. The van der Waals surface area contributed by atoms with Gasteiger partial charge in [-0.1, -0.05) is 60.7 Å². The van der Waals surface area contributed by atoms with Crippen LogP contribution in [0.4, 0.5) is 5.82 Å². The van der Waals surface area contributed by atoms with Gasteiger partial charge in [-0.25, -0.2) is 4.79 Å². The normalized spacial score (nSPS) is 11.7. The summed E-state index contributed by atoms with van der Waals surface area (Å²) in [6.07, 6.45) is -0.606. The minimum Gasteiger partial charge on any atom is -0.462 e. The van der Waals surface area contributed by atoms with E-state index >= 15 is 0 Å². The Kier molecular flexibility index (Phi) is 6.34. The van der Waals surface area contributed by atoms with E-state index in [2.05, 4.69) is 15.5 Å². The molecule has 0 fully saturated rings. The zero-order chi connectivity index (χ0) is 19.9. The van der Waals surface area contributed by atoms with Gasteiger partial charge < -0.3 is 15.2 Å². The Morgan fingerprint density at radius 1 is 1.04 bits per heavy atom. The Hall–Kier alpha value is -3.25. The molecule has 0 aliphatic carbocycles. The van der Waals surface area contributed by atoms with E-state index in [1.807, 2.05) is 60.7 Å². The van der Waals surface area contributed by atoms with Crippen LogP contribution in [0, 0.1) is 0 Å². The van der Waals surface area contributed by atoms with Crippen molar-refractivity contribution in [3.05, 3.63) is 66.2 Å². The van der Waals surface area contributed by atoms with Crippen molar-refractivity contribution in [2.45, 2.75) is 20.0 Å². The third kappa shape index (κ3) is 4.35. The molecule has 144 valence electrons. The highest BCUT2D eigenvalue weighted by molar-refractivity contribution is 6.05. The molecule has 0 spiro atoms. The van der Waals surface area contributed by atoms with Gasteiger partial charge >= 0.3 is 5.97 Å². The summed E-state index contributed by atoms with van der Waals surface area (Å²) in [5.74, 6) is -0.195. The van der Waals surface area contributed by atoms with E-state index in [9.17, 15) is 9.90 Å². The number of nitrogens with one attached hydrogen (secondary N) is 1. The predicted octanol–water partition coefficient (Wildman–Crippen LogP) is 3.78. The lowest BCUT2D eigenvalue weighted by molar-refractivity contribution is 0.0527. The third-order valence-electron chi connectivity index (χ3n) is 4.13. The van der Waals surface area contributed by atoms with Crippen LogP contribution in [0.1, 0.15) is 24.2 Å². The summed E-state index contributed by atoms with van der Waals surface area (Å²) in [5.41, 5.74) is 3.23. The molecule has 1 atom stereocenters. The van der Waals surface area contributed by atoms with Crippen molar-refractivity contribution in [1.82, 2.24) is 10.2 Å². The Morgan fingerprint density at radius 2 is 1.64 bits per heavy atom. The van der Waals surface area contributed by atoms with Gasteiger partial charge in [0.1, 0.15) is 11.3 Å². The zero-order valence-corrected chi connectivity index (χ0v) is 15.9. The van der Waals surface area contributed by atoms with Crippen LogP contribution >= 0.6 is 0 Å². The summed E-state index contributed by atoms with van der Waals surface area (Å²) in [6, 6.07) is 19.2. The highest BCUT2D eigenvalue weighted by atomic mass is 16.5. The first-order valence-electron chi connectivity index (χ1n) is 9.22. The molecule has 0 bridgehead atoms. The summed E-state index contributed by atoms with van der Waals surface area (Å²) in [6.45, 7) is 3.89. The molecule has 1 unspecified atom stereocenters. The lowest BCUT2D eigenvalue weighted by Crippen LogP contribution is -2.20. The zero-order valence-electron chi connectivity index (χ0n) is 15.9.